The van der Waals surface area contributed by atoms with Gasteiger partial charge in [-0.05, 0) is 67.6 Å². The minimum atomic E-state index is -1.50. The molecular weight excluding hydrogens is 645 g/mol. The molecule has 8 heteroatoms. The number of nitrogens with zero attached hydrogens (tertiary/aromatic N) is 2. The molecule has 0 aromatic rings. The molecule has 206 valence electrons. The molecule has 2 aliphatic rings. The van der Waals surface area contributed by atoms with E-state index in [-0.39, 0.29) is 21.1 Å². The van der Waals surface area contributed by atoms with Gasteiger partial charge in [0.25, 0.3) is 5.09 Å². The second-order valence-electron chi connectivity index (χ2n) is 8.58. The summed E-state index contributed by atoms with van der Waals surface area (Å²) in [4.78, 5) is 12.4. The van der Waals surface area contributed by atoms with Crippen molar-refractivity contribution < 1.29 is 31.4 Å². The minimum Gasteiger partial charge on any atom is -0.399 e. The maximum absolute atomic E-state index is 8.36. The van der Waals surface area contributed by atoms with E-state index in [1.807, 2.05) is 0 Å². The largest absolute Gasteiger partial charge is 0.399 e. The normalized spacial score (nSPS) is 21.0. The van der Waals surface area contributed by atoms with Gasteiger partial charge in [0.2, 0.25) is 0 Å². The topological polar surface area (TPSA) is 75.7 Å². The minimum absolute atomic E-state index is 0. The zero-order valence-electron chi connectivity index (χ0n) is 23.0. The summed E-state index contributed by atoms with van der Waals surface area (Å²) in [5, 5.41) is 13.6. The molecule has 5 nitrogen and oxygen atoms in total. The fraction of sp³-hybridized carbons (Fsp3) is 0.885. The van der Waals surface area contributed by atoms with Crippen molar-refractivity contribution in [3.63, 3.8) is 0 Å². The maximum Gasteiger partial charge on any atom is 0.291 e. The smallest absolute Gasteiger partial charge is 0.291 e. The van der Waals surface area contributed by atoms with Crippen LogP contribution in [-0.4, -0.2) is 60.5 Å². The first-order chi connectivity index (χ1) is 15.7. The zero-order valence-corrected chi connectivity index (χ0v) is 27.1. The van der Waals surface area contributed by atoms with Gasteiger partial charge in [-0.25, -0.2) is 12.2 Å². The molecule has 0 aromatic carbocycles. The molecule has 3 atom stereocenters. The van der Waals surface area contributed by atoms with E-state index in [1.165, 1.54) is 81.9 Å². The molecule has 0 aromatic heterocycles. The molecule has 0 amide bonds. The second-order valence-corrected chi connectivity index (χ2v) is 15.1. The monoisotopic (exact) mass is 698 g/mol. The predicted molar refractivity (Wildman–Crippen MR) is 151 cm³/mol. The molecule has 0 bridgehead atoms. The summed E-state index contributed by atoms with van der Waals surface area (Å²) in [5.41, 5.74) is 1.16. The Balaban J connectivity index is -0.000000430. The van der Waals surface area contributed by atoms with E-state index in [9.17, 15) is 0 Å². The van der Waals surface area contributed by atoms with Crippen LogP contribution in [0.15, 0.2) is 17.1 Å². The Labute approximate surface area is 228 Å². The third kappa shape index (κ3) is 19.4. The van der Waals surface area contributed by atoms with Crippen molar-refractivity contribution in [3.05, 3.63) is 22.3 Å². The molecule has 0 saturated heterocycles. The average Bonchev–Trinajstić information content (AvgIpc) is 2.81. The van der Waals surface area contributed by atoms with Gasteiger partial charge in [-0.2, -0.15) is 0 Å². The first-order valence-corrected chi connectivity index (χ1v) is 16.9. The van der Waals surface area contributed by atoms with Crippen LogP contribution in [0, 0.1) is 27.9 Å². The number of fused-ring (bicyclic) bond motifs is 1. The molecule has 2 fully saturated rings. The Hall–Kier alpha value is 0.158. The summed E-state index contributed by atoms with van der Waals surface area (Å²) >= 11 is 0. The Bertz CT molecular complexity index is 487. The van der Waals surface area contributed by atoms with Gasteiger partial charge in [-0.3, -0.25) is 0 Å². The fourth-order valence-corrected chi connectivity index (χ4v) is 7.62. The van der Waals surface area contributed by atoms with Crippen LogP contribution in [0.1, 0.15) is 86.5 Å². The zero-order chi connectivity index (χ0) is 25.6. The van der Waals surface area contributed by atoms with E-state index in [0.29, 0.717) is 21.8 Å². The van der Waals surface area contributed by atoms with Crippen LogP contribution in [0.25, 0.3) is 0 Å². The van der Waals surface area contributed by atoms with E-state index in [4.69, 9.17) is 15.3 Å². The predicted octanol–water partition coefficient (Wildman–Crippen LogP) is 8.43. The number of aliphatic imine (C=N–C) groups is 1. The average molecular weight is 699 g/mol. The number of rotatable bonds is 8. The molecule has 34 heavy (non-hydrogen) atoms. The number of hydrogen-bond donors (Lipinski definition) is 1. The molecule has 1 N–H and O–H groups in total. The van der Waals surface area contributed by atoms with Crippen molar-refractivity contribution in [1.82, 2.24) is 0 Å². The van der Waals surface area contributed by atoms with Gasteiger partial charge in [0, 0.05) is 28.1 Å². The van der Waals surface area contributed by atoms with Crippen molar-refractivity contribution in [2.45, 2.75) is 86.5 Å². The van der Waals surface area contributed by atoms with Crippen LogP contribution in [0.3, 0.4) is 0 Å². The molecular formula is C26H53N2O3P2Pt-. The Morgan fingerprint density at radius 2 is 1.29 bits per heavy atom. The number of hydrogen-bond acceptors (Lipinski definition) is 3. The van der Waals surface area contributed by atoms with Crippen molar-refractivity contribution in [2.24, 2.45) is 22.7 Å². The summed E-state index contributed by atoms with van der Waals surface area (Å²) in [5.74, 6) is 2.56. The van der Waals surface area contributed by atoms with Crippen LogP contribution in [0.2, 0.25) is 0 Å². The summed E-state index contributed by atoms with van der Waals surface area (Å²) in [7, 11) is 2.69. The molecule has 0 heterocycles. The van der Waals surface area contributed by atoms with Gasteiger partial charge in [0.15, 0.2) is 0 Å². The van der Waals surface area contributed by atoms with Crippen LogP contribution < -0.4 is 0 Å². The molecule has 0 spiro atoms. The van der Waals surface area contributed by atoms with E-state index in [0.717, 1.165) is 17.4 Å². The van der Waals surface area contributed by atoms with Gasteiger partial charge in [-0.15, -0.1) is 32.2 Å². The maximum atomic E-state index is 8.36. The quantitative estimate of drug-likeness (QED) is 0.0910. The summed E-state index contributed by atoms with van der Waals surface area (Å²) in [6.07, 6.45) is 21.5. The van der Waals surface area contributed by atoms with Crippen LogP contribution in [0.4, 0.5) is 0 Å². The fourth-order valence-electron chi connectivity index (χ4n) is 4.94. The molecule has 0 radical (unpaired) electrons. The molecule has 0 aliphatic heterocycles. The van der Waals surface area contributed by atoms with Gasteiger partial charge < -0.3 is 10.2 Å². The van der Waals surface area contributed by atoms with Crippen molar-refractivity contribution in [3.8, 4) is 0 Å². The summed E-state index contributed by atoms with van der Waals surface area (Å²) in [6, 6.07) is 0. The van der Waals surface area contributed by atoms with E-state index >= 15 is 0 Å². The Kier molecular flexibility index (Phi) is 29.8. The molecule has 3 unspecified atom stereocenters. The third-order valence-corrected chi connectivity index (χ3v) is 12.3. The Morgan fingerprint density at radius 1 is 0.912 bits per heavy atom. The molecule has 2 aliphatic carbocycles. The standard InChI is InChI=1S/C14H22N.2C6H15P.HNO3.Pt/c1-11(10-15-2)13-9-5-7-12-6-3-4-8-14(12)13;2*1-4-7(5-2)6-3;2-1(3)4;/h12-14H,1,3-9H2,2H3;2*4-6H2,1-3H3;(H,2,3,4);/q-1;;;;. The van der Waals surface area contributed by atoms with Crippen LogP contribution >= 0.6 is 15.8 Å². The molecule has 2 saturated carbocycles. The first-order valence-electron chi connectivity index (χ1n) is 13.1. The van der Waals surface area contributed by atoms with Crippen molar-refractivity contribution in [1.29, 1.82) is 0 Å². The summed E-state index contributed by atoms with van der Waals surface area (Å²) in [6.45, 7) is 17.9. The first kappa shape index (κ1) is 38.7. The van der Waals surface area contributed by atoms with E-state index < -0.39 is 5.09 Å². The molecule has 2 rings (SSSR count). The van der Waals surface area contributed by atoms with Gasteiger partial charge in [0.1, 0.15) is 0 Å². The van der Waals surface area contributed by atoms with Gasteiger partial charge >= 0.3 is 0 Å². The van der Waals surface area contributed by atoms with Crippen LogP contribution in [-0.2, 0) is 21.1 Å². The van der Waals surface area contributed by atoms with Gasteiger partial charge in [0.05, 0.1) is 0 Å². The van der Waals surface area contributed by atoms with Crippen LogP contribution in [0.5, 0.6) is 0 Å². The Morgan fingerprint density at radius 3 is 1.65 bits per heavy atom. The van der Waals surface area contributed by atoms with E-state index in [1.54, 1.807) is 7.05 Å². The van der Waals surface area contributed by atoms with Crippen molar-refractivity contribution >= 4 is 22.1 Å². The summed E-state index contributed by atoms with van der Waals surface area (Å²) < 4.78 is 0. The number of allylic oxidation sites excluding steroid dienone is 1. The second kappa shape index (κ2) is 26.2. The van der Waals surface area contributed by atoms with E-state index in [2.05, 4.69) is 59.3 Å². The third-order valence-electron chi connectivity index (χ3n) is 6.96. The van der Waals surface area contributed by atoms with Gasteiger partial charge in [-0.1, -0.05) is 73.6 Å². The SMILES string of the molecule is C=C([C-]=NC)C1CCCC2CCCCC21.CCP(CC)CC.CCP(CC)CC.O=[N+]([O-])O.[Pt]. The van der Waals surface area contributed by atoms with Crippen molar-refractivity contribution in [2.75, 3.05) is 44.0 Å².